The summed E-state index contributed by atoms with van der Waals surface area (Å²) in [6.07, 6.45) is 9.85. The van der Waals surface area contributed by atoms with Gasteiger partial charge in [-0.2, -0.15) is 0 Å². The Kier molecular flexibility index (Phi) is 5.47. The van der Waals surface area contributed by atoms with Crippen LogP contribution in [0.2, 0.25) is 0 Å². The van der Waals surface area contributed by atoms with Gasteiger partial charge in [0.2, 0.25) is 5.91 Å². The SMILES string of the molecule is CCC1CCCCN1CC(=O)N(C)Cc1cnccn1. The standard InChI is InChI=1S/C15H24N4O/c1-3-14-6-4-5-9-19(14)12-15(20)18(2)11-13-10-16-7-8-17-13/h7-8,10,14H,3-6,9,11-12H2,1-2H3. The highest BCUT2D eigenvalue weighted by atomic mass is 16.2. The summed E-state index contributed by atoms with van der Waals surface area (Å²) in [5.74, 6) is 0.163. The molecule has 110 valence electrons. The highest BCUT2D eigenvalue weighted by molar-refractivity contribution is 5.78. The van der Waals surface area contributed by atoms with Crippen LogP contribution >= 0.6 is 0 Å². The maximum absolute atomic E-state index is 12.3. The molecular formula is C15H24N4O. The maximum Gasteiger partial charge on any atom is 0.236 e. The number of hydrogen-bond acceptors (Lipinski definition) is 4. The van der Waals surface area contributed by atoms with E-state index in [-0.39, 0.29) is 5.91 Å². The summed E-state index contributed by atoms with van der Waals surface area (Å²) in [4.78, 5) is 24.6. The van der Waals surface area contributed by atoms with Crippen LogP contribution in [0.3, 0.4) is 0 Å². The van der Waals surface area contributed by atoms with E-state index in [1.807, 2.05) is 7.05 Å². The molecule has 1 fully saturated rings. The van der Waals surface area contributed by atoms with Crippen LogP contribution in [0, 0.1) is 0 Å². The Labute approximate surface area is 121 Å². The minimum absolute atomic E-state index is 0.163. The van der Waals surface area contributed by atoms with Gasteiger partial charge in [0, 0.05) is 25.5 Å². The predicted octanol–water partition coefficient (Wildman–Crippen LogP) is 1.70. The van der Waals surface area contributed by atoms with Gasteiger partial charge in [-0.05, 0) is 25.8 Å². The third-order valence-corrected chi connectivity index (χ3v) is 4.00. The first-order valence-corrected chi connectivity index (χ1v) is 7.43. The van der Waals surface area contributed by atoms with E-state index in [4.69, 9.17) is 0 Å². The van der Waals surface area contributed by atoms with Crippen molar-refractivity contribution in [1.29, 1.82) is 0 Å². The lowest BCUT2D eigenvalue weighted by Crippen LogP contribution is -2.45. The van der Waals surface area contributed by atoms with Gasteiger partial charge in [0.05, 0.1) is 25.0 Å². The zero-order valence-electron chi connectivity index (χ0n) is 12.5. The van der Waals surface area contributed by atoms with Gasteiger partial charge in [-0.25, -0.2) is 0 Å². The van der Waals surface area contributed by atoms with Crippen LogP contribution in [0.15, 0.2) is 18.6 Å². The molecule has 1 saturated heterocycles. The van der Waals surface area contributed by atoms with E-state index in [2.05, 4.69) is 21.8 Å². The van der Waals surface area contributed by atoms with Crippen LogP contribution in [0.5, 0.6) is 0 Å². The Bertz CT molecular complexity index is 423. The van der Waals surface area contributed by atoms with Gasteiger partial charge in [-0.15, -0.1) is 0 Å². The van der Waals surface area contributed by atoms with Gasteiger partial charge in [0.25, 0.3) is 0 Å². The van der Waals surface area contributed by atoms with Crippen LogP contribution < -0.4 is 0 Å². The molecule has 1 aliphatic heterocycles. The lowest BCUT2D eigenvalue weighted by Gasteiger charge is -2.35. The summed E-state index contributed by atoms with van der Waals surface area (Å²) in [5, 5.41) is 0. The topological polar surface area (TPSA) is 49.3 Å². The van der Waals surface area contributed by atoms with Crippen LogP contribution in [0.4, 0.5) is 0 Å². The summed E-state index contributed by atoms with van der Waals surface area (Å²) >= 11 is 0. The van der Waals surface area contributed by atoms with Crippen molar-refractivity contribution in [2.75, 3.05) is 20.1 Å². The number of carbonyl (C=O) groups excluding carboxylic acids is 1. The van der Waals surface area contributed by atoms with Crippen molar-refractivity contribution < 1.29 is 4.79 Å². The summed E-state index contributed by atoms with van der Waals surface area (Å²) in [5.41, 5.74) is 0.828. The number of aromatic nitrogens is 2. The fourth-order valence-electron chi connectivity index (χ4n) is 2.77. The maximum atomic E-state index is 12.3. The van der Waals surface area contributed by atoms with Gasteiger partial charge in [0.1, 0.15) is 0 Å². The zero-order valence-corrected chi connectivity index (χ0v) is 12.5. The Balaban J connectivity index is 1.87. The van der Waals surface area contributed by atoms with E-state index in [0.29, 0.717) is 19.1 Å². The van der Waals surface area contributed by atoms with Gasteiger partial charge in [-0.1, -0.05) is 13.3 Å². The van der Waals surface area contributed by atoms with Gasteiger partial charge < -0.3 is 4.90 Å². The number of hydrogen-bond donors (Lipinski definition) is 0. The highest BCUT2D eigenvalue weighted by Gasteiger charge is 2.24. The van der Waals surface area contributed by atoms with Crippen LogP contribution in [0.1, 0.15) is 38.3 Å². The van der Waals surface area contributed by atoms with Crippen LogP contribution in [-0.2, 0) is 11.3 Å². The molecule has 5 heteroatoms. The van der Waals surface area contributed by atoms with E-state index < -0.39 is 0 Å². The van der Waals surface area contributed by atoms with E-state index in [0.717, 1.165) is 18.7 Å². The predicted molar refractivity (Wildman–Crippen MR) is 78.0 cm³/mol. The van der Waals surface area contributed by atoms with E-state index >= 15 is 0 Å². The molecule has 20 heavy (non-hydrogen) atoms. The molecule has 2 heterocycles. The molecule has 1 aliphatic rings. The molecule has 0 N–H and O–H groups in total. The molecule has 1 atom stereocenters. The van der Waals surface area contributed by atoms with Crippen molar-refractivity contribution in [1.82, 2.24) is 19.8 Å². The Morgan fingerprint density at radius 2 is 2.30 bits per heavy atom. The second-order valence-corrected chi connectivity index (χ2v) is 5.47. The molecule has 1 aromatic heterocycles. The second-order valence-electron chi connectivity index (χ2n) is 5.47. The average molecular weight is 276 g/mol. The molecule has 1 aromatic rings. The Hall–Kier alpha value is -1.49. The summed E-state index contributed by atoms with van der Waals surface area (Å²) in [7, 11) is 1.84. The number of likely N-dealkylation sites (N-methyl/N-ethyl adjacent to an activating group) is 1. The largest absolute Gasteiger partial charge is 0.339 e. The molecule has 0 aliphatic carbocycles. The van der Waals surface area contributed by atoms with E-state index in [1.54, 1.807) is 23.5 Å². The minimum Gasteiger partial charge on any atom is -0.339 e. The molecule has 0 saturated carbocycles. The van der Waals surface area contributed by atoms with Crippen molar-refractivity contribution in [2.45, 2.75) is 45.2 Å². The normalized spacial score (nSPS) is 19.8. The molecule has 0 spiro atoms. The first-order chi connectivity index (χ1) is 9.70. The third-order valence-electron chi connectivity index (χ3n) is 4.00. The number of piperidine rings is 1. The molecule has 5 nitrogen and oxygen atoms in total. The van der Waals surface area contributed by atoms with Crippen molar-refractivity contribution >= 4 is 5.91 Å². The molecule has 2 rings (SSSR count). The zero-order chi connectivity index (χ0) is 14.4. The molecule has 0 aromatic carbocycles. The molecule has 1 unspecified atom stereocenters. The fourth-order valence-corrected chi connectivity index (χ4v) is 2.77. The fraction of sp³-hybridized carbons (Fsp3) is 0.667. The minimum atomic E-state index is 0.163. The summed E-state index contributed by atoms with van der Waals surface area (Å²) < 4.78 is 0. The van der Waals surface area contributed by atoms with E-state index in [9.17, 15) is 4.79 Å². The summed E-state index contributed by atoms with van der Waals surface area (Å²) in [6, 6.07) is 0.567. The second kappa shape index (κ2) is 7.33. The van der Waals surface area contributed by atoms with Crippen LogP contribution in [-0.4, -0.2) is 51.9 Å². The highest BCUT2D eigenvalue weighted by Crippen LogP contribution is 2.19. The van der Waals surface area contributed by atoms with E-state index in [1.165, 1.54) is 19.3 Å². The Morgan fingerprint density at radius 3 is 3.00 bits per heavy atom. The molecule has 0 bridgehead atoms. The van der Waals surface area contributed by atoms with Gasteiger partial charge in [0.15, 0.2) is 0 Å². The number of amides is 1. The van der Waals surface area contributed by atoms with Crippen molar-refractivity contribution in [3.05, 3.63) is 24.3 Å². The lowest BCUT2D eigenvalue weighted by atomic mass is 10.00. The lowest BCUT2D eigenvalue weighted by molar-refractivity contribution is -0.132. The van der Waals surface area contributed by atoms with Crippen molar-refractivity contribution in [3.8, 4) is 0 Å². The first-order valence-electron chi connectivity index (χ1n) is 7.43. The number of carbonyl (C=O) groups is 1. The molecule has 1 amide bonds. The van der Waals surface area contributed by atoms with Crippen molar-refractivity contribution in [2.24, 2.45) is 0 Å². The smallest absolute Gasteiger partial charge is 0.236 e. The third kappa shape index (κ3) is 4.00. The van der Waals surface area contributed by atoms with Crippen LogP contribution in [0.25, 0.3) is 0 Å². The molecular weight excluding hydrogens is 252 g/mol. The van der Waals surface area contributed by atoms with Crippen molar-refractivity contribution in [3.63, 3.8) is 0 Å². The average Bonchev–Trinajstić information content (AvgIpc) is 2.48. The monoisotopic (exact) mass is 276 g/mol. The number of nitrogens with zero attached hydrogens (tertiary/aromatic N) is 4. The Morgan fingerprint density at radius 1 is 1.45 bits per heavy atom. The summed E-state index contributed by atoms with van der Waals surface area (Å²) in [6.45, 7) is 4.30. The quantitative estimate of drug-likeness (QED) is 0.821. The first kappa shape index (κ1) is 14.9. The number of rotatable bonds is 5. The van der Waals surface area contributed by atoms with Gasteiger partial charge in [-0.3, -0.25) is 19.7 Å². The van der Waals surface area contributed by atoms with Gasteiger partial charge >= 0.3 is 0 Å². The number of likely N-dealkylation sites (tertiary alicyclic amines) is 1. The molecule has 0 radical (unpaired) electrons.